The van der Waals surface area contributed by atoms with Crippen molar-refractivity contribution in [2.45, 2.75) is 24.9 Å². The summed E-state index contributed by atoms with van der Waals surface area (Å²) in [5.41, 5.74) is 0.794. The largest absolute Gasteiger partial charge is 0.378 e. The Hall–Kier alpha value is -2.76. The van der Waals surface area contributed by atoms with Gasteiger partial charge in [0.05, 0.1) is 17.3 Å². The van der Waals surface area contributed by atoms with Crippen molar-refractivity contribution in [2.24, 2.45) is 22.9 Å². The van der Waals surface area contributed by atoms with Crippen LogP contribution in [0.1, 0.15) is 24.8 Å². The van der Waals surface area contributed by atoms with Gasteiger partial charge in [-0.15, -0.1) is 0 Å². The molecule has 0 radical (unpaired) electrons. The molecule has 2 bridgehead atoms. The van der Waals surface area contributed by atoms with E-state index in [9.17, 15) is 9.18 Å². The van der Waals surface area contributed by atoms with Gasteiger partial charge in [0.2, 0.25) is 5.60 Å². The van der Waals surface area contributed by atoms with Crippen LogP contribution in [0.15, 0.2) is 53.9 Å². The Labute approximate surface area is 150 Å². The SMILES string of the molecule is O=C(Nc1ccccc1F)[C@]12ON=C(c3cccnc3)[C@H]1[C@@H]1CC[C@H]2C1. The molecule has 6 heteroatoms. The van der Waals surface area contributed by atoms with Gasteiger partial charge < -0.3 is 10.2 Å². The first-order chi connectivity index (χ1) is 12.7. The van der Waals surface area contributed by atoms with Gasteiger partial charge in [0.15, 0.2) is 0 Å². The maximum atomic E-state index is 14.0. The van der Waals surface area contributed by atoms with Crippen molar-refractivity contribution in [3.05, 3.63) is 60.2 Å². The molecule has 0 unspecified atom stereocenters. The molecule has 2 saturated carbocycles. The van der Waals surface area contributed by atoms with Gasteiger partial charge in [0.25, 0.3) is 5.91 Å². The minimum absolute atomic E-state index is 0.0993. The predicted molar refractivity (Wildman–Crippen MR) is 93.9 cm³/mol. The van der Waals surface area contributed by atoms with Crippen LogP contribution in [0, 0.1) is 23.6 Å². The minimum Gasteiger partial charge on any atom is -0.378 e. The van der Waals surface area contributed by atoms with Crippen molar-refractivity contribution < 1.29 is 14.0 Å². The molecule has 1 amide bonds. The summed E-state index contributed by atoms with van der Waals surface area (Å²) in [6.07, 6.45) is 6.39. The number of carbonyl (C=O) groups is 1. The number of pyridine rings is 1. The molecule has 5 rings (SSSR count). The summed E-state index contributed by atoms with van der Waals surface area (Å²) < 4.78 is 14.0. The van der Waals surface area contributed by atoms with Crippen LogP contribution in [0.3, 0.4) is 0 Å². The second-order valence-electron chi connectivity index (χ2n) is 7.28. The van der Waals surface area contributed by atoms with E-state index in [0.29, 0.717) is 5.92 Å². The quantitative estimate of drug-likeness (QED) is 0.922. The average molecular weight is 351 g/mol. The summed E-state index contributed by atoms with van der Waals surface area (Å²) in [4.78, 5) is 23.3. The van der Waals surface area contributed by atoms with Gasteiger partial charge in [-0.1, -0.05) is 17.3 Å². The van der Waals surface area contributed by atoms with Crippen molar-refractivity contribution in [3.63, 3.8) is 0 Å². The molecule has 0 spiro atoms. The first-order valence-corrected chi connectivity index (χ1v) is 8.92. The molecule has 2 aliphatic carbocycles. The third-order valence-corrected chi connectivity index (χ3v) is 6.04. The molecule has 2 heterocycles. The Morgan fingerprint density at radius 3 is 2.92 bits per heavy atom. The zero-order valence-corrected chi connectivity index (χ0v) is 14.1. The highest BCUT2D eigenvalue weighted by atomic mass is 19.1. The molecule has 3 aliphatic rings. The maximum absolute atomic E-state index is 14.0. The van der Waals surface area contributed by atoms with Crippen LogP contribution >= 0.6 is 0 Å². The van der Waals surface area contributed by atoms with Crippen molar-refractivity contribution >= 4 is 17.3 Å². The lowest BCUT2D eigenvalue weighted by Gasteiger charge is -2.35. The summed E-state index contributed by atoms with van der Waals surface area (Å²) in [6, 6.07) is 9.97. The molecule has 132 valence electrons. The predicted octanol–water partition coefficient (Wildman–Crippen LogP) is 3.38. The molecule has 5 nitrogen and oxygen atoms in total. The molecular formula is C20H18FN3O2. The van der Waals surface area contributed by atoms with Gasteiger partial charge in [0, 0.05) is 23.9 Å². The molecule has 0 saturated heterocycles. The number of fused-ring (bicyclic) bond motifs is 5. The summed E-state index contributed by atoms with van der Waals surface area (Å²) in [5, 5.41) is 7.05. The van der Waals surface area contributed by atoms with E-state index in [-0.39, 0.29) is 23.4 Å². The van der Waals surface area contributed by atoms with E-state index in [1.54, 1.807) is 30.6 Å². The highest BCUT2D eigenvalue weighted by molar-refractivity contribution is 6.10. The van der Waals surface area contributed by atoms with Crippen molar-refractivity contribution in [1.29, 1.82) is 0 Å². The Kier molecular flexibility index (Phi) is 3.35. The smallest absolute Gasteiger partial charge is 0.272 e. The van der Waals surface area contributed by atoms with Crippen LogP contribution in [0.4, 0.5) is 10.1 Å². The van der Waals surface area contributed by atoms with Crippen LogP contribution in [0.5, 0.6) is 0 Å². The third-order valence-electron chi connectivity index (χ3n) is 6.04. The van der Waals surface area contributed by atoms with E-state index in [0.717, 1.165) is 30.5 Å². The first kappa shape index (κ1) is 15.5. The van der Waals surface area contributed by atoms with Crippen LogP contribution in [0.2, 0.25) is 0 Å². The number of hydrogen-bond acceptors (Lipinski definition) is 4. The number of halogens is 1. The summed E-state index contributed by atoms with van der Waals surface area (Å²) >= 11 is 0. The maximum Gasteiger partial charge on any atom is 0.272 e. The van der Waals surface area contributed by atoms with E-state index in [1.165, 1.54) is 6.07 Å². The van der Waals surface area contributed by atoms with E-state index in [2.05, 4.69) is 15.5 Å². The van der Waals surface area contributed by atoms with Gasteiger partial charge in [-0.3, -0.25) is 9.78 Å². The van der Waals surface area contributed by atoms with Gasteiger partial charge >= 0.3 is 0 Å². The van der Waals surface area contributed by atoms with E-state index in [1.807, 2.05) is 12.1 Å². The molecule has 1 aromatic heterocycles. The monoisotopic (exact) mass is 351 g/mol. The standard InChI is InChI=1S/C20H18FN3O2/c21-15-5-1-2-6-16(15)23-19(25)20-14-8-7-12(10-14)17(20)18(24-26-20)13-4-3-9-22-11-13/h1-6,9,11-12,14,17H,7-8,10H2,(H,23,25)/t12-,14+,17-,20-/m1/s1. The lowest BCUT2D eigenvalue weighted by atomic mass is 9.72. The van der Waals surface area contributed by atoms with E-state index < -0.39 is 11.4 Å². The van der Waals surface area contributed by atoms with Crippen LogP contribution in [-0.2, 0) is 9.63 Å². The highest BCUT2D eigenvalue weighted by Gasteiger charge is 2.69. The summed E-state index contributed by atoms with van der Waals surface area (Å²) in [7, 11) is 0. The van der Waals surface area contributed by atoms with Gasteiger partial charge in [0.1, 0.15) is 5.82 Å². The fourth-order valence-electron chi connectivity index (χ4n) is 4.95. The number of nitrogens with zero attached hydrogens (tertiary/aromatic N) is 2. The second kappa shape index (κ2) is 5.62. The third kappa shape index (κ3) is 2.04. The average Bonchev–Trinajstić information content (AvgIpc) is 3.36. The molecule has 26 heavy (non-hydrogen) atoms. The number of amides is 1. The molecule has 4 atom stereocenters. The lowest BCUT2D eigenvalue weighted by Crippen LogP contribution is -2.53. The van der Waals surface area contributed by atoms with Crippen molar-refractivity contribution in [2.75, 3.05) is 5.32 Å². The number of oxime groups is 1. The molecule has 1 N–H and O–H groups in total. The van der Waals surface area contributed by atoms with Crippen molar-refractivity contribution in [3.8, 4) is 0 Å². The number of aromatic nitrogens is 1. The molecule has 1 aromatic carbocycles. The van der Waals surface area contributed by atoms with Crippen LogP contribution in [0.25, 0.3) is 0 Å². The topological polar surface area (TPSA) is 63.6 Å². The van der Waals surface area contributed by atoms with Crippen LogP contribution in [-0.4, -0.2) is 22.2 Å². The fraction of sp³-hybridized carbons (Fsp3) is 0.350. The highest BCUT2D eigenvalue weighted by Crippen LogP contribution is 2.60. The molecule has 2 fully saturated rings. The summed E-state index contributed by atoms with van der Waals surface area (Å²) in [5.74, 6) is -0.418. The van der Waals surface area contributed by atoms with Crippen molar-refractivity contribution in [1.82, 2.24) is 4.98 Å². The minimum atomic E-state index is -1.05. The van der Waals surface area contributed by atoms with E-state index >= 15 is 0 Å². The molecule has 1 aliphatic heterocycles. The second-order valence-corrected chi connectivity index (χ2v) is 7.28. The number of nitrogens with one attached hydrogen (secondary N) is 1. The Morgan fingerprint density at radius 1 is 1.23 bits per heavy atom. The first-order valence-electron chi connectivity index (χ1n) is 8.92. The Morgan fingerprint density at radius 2 is 2.12 bits per heavy atom. The number of benzene rings is 1. The fourth-order valence-corrected chi connectivity index (χ4v) is 4.95. The van der Waals surface area contributed by atoms with E-state index in [4.69, 9.17) is 4.84 Å². The number of carbonyl (C=O) groups excluding carboxylic acids is 1. The molecular weight excluding hydrogens is 333 g/mol. The zero-order chi connectivity index (χ0) is 17.7. The number of para-hydroxylation sites is 1. The lowest BCUT2D eigenvalue weighted by molar-refractivity contribution is -0.149. The Bertz CT molecular complexity index is 901. The van der Waals surface area contributed by atoms with Gasteiger partial charge in [-0.2, -0.15) is 0 Å². The van der Waals surface area contributed by atoms with Gasteiger partial charge in [-0.25, -0.2) is 4.39 Å². The number of rotatable bonds is 3. The summed E-state index contributed by atoms with van der Waals surface area (Å²) in [6.45, 7) is 0. The number of hydrogen-bond donors (Lipinski definition) is 1. The number of anilines is 1. The van der Waals surface area contributed by atoms with Gasteiger partial charge in [-0.05, 0) is 49.4 Å². The normalized spacial score (nSPS) is 31.3. The zero-order valence-electron chi connectivity index (χ0n) is 14.1. The Balaban J connectivity index is 1.51. The van der Waals surface area contributed by atoms with Crippen LogP contribution < -0.4 is 5.32 Å². The molecule has 2 aromatic rings.